The molecule has 3 nitrogen and oxygen atoms in total. The van der Waals surface area contributed by atoms with Gasteiger partial charge in [0.05, 0.1) is 7.11 Å². The van der Waals surface area contributed by atoms with Crippen molar-refractivity contribution < 1.29 is 9.84 Å². The second-order valence-electron chi connectivity index (χ2n) is 5.87. The Bertz CT molecular complexity index is 595. The third kappa shape index (κ3) is 5.14. The monoisotopic (exact) mass is 325 g/mol. The molecular weight excluding hydrogens is 298 g/mol. The summed E-state index contributed by atoms with van der Waals surface area (Å²) in [6, 6.07) is 18.6. The van der Waals surface area contributed by atoms with Crippen LogP contribution in [-0.2, 0) is 0 Å². The average molecular weight is 325 g/mol. The largest absolute Gasteiger partial charge is 0.497 e. The first-order valence-electron chi connectivity index (χ1n) is 8.47. The fourth-order valence-electron chi connectivity index (χ4n) is 2.93. The van der Waals surface area contributed by atoms with Gasteiger partial charge in [0, 0.05) is 24.3 Å². The maximum Gasteiger partial charge on any atom is 0.119 e. The smallest absolute Gasteiger partial charge is 0.119 e. The summed E-state index contributed by atoms with van der Waals surface area (Å²) in [4.78, 5) is 0. The number of unbranched alkanes of at least 4 members (excludes halogenated alkanes) is 1. The highest BCUT2D eigenvalue weighted by molar-refractivity contribution is 5.48. The Balaban J connectivity index is 2.16. The van der Waals surface area contributed by atoms with Crippen LogP contribution >= 0.6 is 0 Å². The molecule has 0 saturated heterocycles. The number of anilines is 1. The summed E-state index contributed by atoms with van der Waals surface area (Å²) < 4.78 is 5.22. The predicted molar refractivity (Wildman–Crippen MR) is 101 cm³/mol. The number of methoxy groups -OCH3 is 1. The van der Waals surface area contributed by atoms with Gasteiger partial charge in [0.1, 0.15) is 5.75 Å². The van der Waals surface area contributed by atoms with E-state index in [4.69, 9.17) is 9.84 Å². The second kappa shape index (κ2) is 9.78. The number of benzene rings is 2. The van der Waals surface area contributed by atoms with E-state index in [0.29, 0.717) is 0 Å². The van der Waals surface area contributed by atoms with E-state index in [0.717, 1.165) is 30.7 Å². The van der Waals surface area contributed by atoms with E-state index in [9.17, 15) is 0 Å². The van der Waals surface area contributed by atoms with Crippen molar-refractivity contribution in [1.82, 2.24) is 0 Å². The van der Waals surface area contributed by atoms with Crippen LogP contribution in [0.5, 0.6) is 5.75 Å². The number of hydrogen-bond acceptors (Lipinski definition) is 3. The van der Waals surface area contributed by atoms with Gasteiger partial charge in [-0.1, -0.05) is 36.4 Å². The van der Waals surface area contributed by atoms with E-state index in [1.54, 1.807) is 7.11 Å². The van der Waals surface area contributed by atoms with Gasteiger partial charge >= 0.3 is 0 Å². The van der Waals surface area contributed by atoms with E-state index in [1.807, 2.05) is 36.4 Å². The van der Waals surface area contributed by atoms with Gasteiger partial charge in [-0.05, 0) is 49.1 Å². The van der Waals surface area contributed by atoms with Crippen LogP contribution in [0.1, 0.15) is 30.7 Å². The van der Waals surface area contributed by atoms with Gasteiger partial charge in [-0.15, -0.1) is 6.58 Å². The predicted octanol–water partition coefficient (Wildman–Crippen LogP) is 4.61. The van der Waals surface area contributed by atoms with Gasteiger partial charge in [0.25, 0.3) is 0 Å². The molecule has 0 fully saturated rings. The number of aliphatic hydroxyl groups is 1. The molecule has 0 amide bonds. The third-order valence-corrected chi connectivity index (χ3v) is 4.24. The molecule has 2 N–H and O–H groups in total. The minimum absolute atomic E-state index is 0.215. The van der Waals surface area contributed by atoms with Crippen molar-refractivity contribution in [2.75, 3.05) is 19.0 Å². The van der Waals surface area contributed by atoms with Crippen LogP contribution in [0.3, 0.4) is 0 Å². The summed E-state index contributed by atoms with van der Waals surface area (Å²) >= 11 is 0. The molecule has 3 heteroatoms. The van der Waals surface area contributed by atoms with Gasteiger partial charge < -0.3 is 15.2 Å². The van der Waals surface area contributed by atoms with E-state index in [1.165, 1.54) is 5.56 Å². The van der Waals surface area contributed by atoms with E-state index in [-0.39, 0.29) is 18.6 Å². The van der Waals surface area contributed by atoms with Crippen molar-refractivity contribution in [2.45, 2.75) is 31.2 Å². The van der Waals surface area contributed by atoms with Crippen LogP contribution in [-0.4, -0.2) is 24.9 Å². The molecule has 0 saturated carbocycles. The first-order chi connectivity index (χ1) is 11.8. The lowest BCUT2D eigenvalue weighted by Gasteiger charge is -2.27. The van der Waals surface area contributed by atoms with Gasteiger partial charge in [0.2, 0.25) is 0 Å². The Morgan fingerprint density at radius 3 is 2.38 bits per heavy atom. The number of nitrogens with one attached hydrogen (secondary N) is 1. The van der Waals surface area contributed by atoms with Crippen LogP contribution < -0.4 is 10.1 Å². The van der Waals surface area contributed by atoms with Crippen molar-refractivity contribution in [3.05, 3.63) is 72.8 Å². The normalized spacial score (nSPS) is 13.1. The lowest BCUT2D eigenvalue weighted by atomic mass is 9.88. The quantitative estimate of drug-likeness (QED) is 0.495. The molecule has 0 radical (unpaired) electrons. The van der Waals surface area contributed by atoms with Gasteiger partial charge in [-0.25, -0.2) is 0 Å². The topological polar surface area (TPSA) is 41.5 Å². The molecule has 2 aromatic carbocycles. The maximum absolute atomic E-state index is 9.08. The van der Waals surface area contributed by atoms with Crippen molar-refractivity contribution in [3.63, 3.8) is 0 Å². The molecule has 2 aromatic rings. The van der Waals surface area contributed by atoms with Crippen LogP contribution in [0.2, 0.25) is 0 Å². The Morgan fingerprint density at radius 1 is 1.08 bits per heavy atom. The molecule has 0 aliphatic carbocycles. The zero-order valence-electron chi connectivity index (χ0n) is 14.3. The molecule has 0 aliphatic heterocycles. The maximum atomic E-state index is 9.08. The molecule has 24 heavy (non-hydrogen) atoms. The SMILES string of the molecule is C=CC(c1ccccc1)C(CCCCO)Nc1ccc(OC)cc1. The number of aliphatic hydroxyl groups excluding tert-OH is 1. The zero-order chi connectivity index (χ0) is 17.2. The summed E-state index contributed by atoms with van der Waals surface area (Å²) in [5, 5.41) is 12.7. The fraction of sp³-hybridized carbons (Fsp3) is 0.333. The summed E-state index contributed by atoms with van der Waals surface area (Å²) in [5.41, 5.74) is 2.31. The van der Waals surface area contributed by atoms with Gasteiger partial charge in [-0.2, -0.15) is 0 Å². The highest BCUT2D eigenvalue weighted by Gasteiger charge is 2.20. The minimum atomic E-state index is 0.215. The summed E-state index contributed by atoms with van der Waals surface area (Å²) in [6.07, 6.45) is 4.77. The van der Waals surface area contributed by atoms with Gasteiger partial charge in [0.15, 0.2) is 0 Å². The van der Waals surface area contributed by atoms with Crippen molar-refractivity contribution >= 4 is 5.69 Å². The van der Waals surface area contributed by atoms with E-state index < -0.39 is 0 Å². The number of ether oxygens (including phenoxy) is 1. The minimum Gasteiger partial charge on any atom is -0.497 e. The Labute approximate surface area is 145 Å². The van der Waals surface area contributed by atoms with Crippen molar-refractivity contribution in [1.29, 1.82) is 0 Å². The third-order valence-electron chi connectivity index (χ3n) is 4.24. The molecule has 0 aromatic heterocycles. The lowest BCUT2D eigenvalue weighted by Crippen LogP contribution is -2.26. The number of hydrogen-bond donors (Lipinski definition) is 2. The molecule has 0 bridgehead atoms. The molecule has 0 heterocycles. The van der Waals surface area contributed by atoms with Crippen molar-refractivity contribution in [3.8, 4) is 5.75 Å². The van der Waals surface area contributed by atoms with E-state index >= 15 is 0 Å². The summed E-state index contributed by atoms with van der Waals surface area (Å²) in [7, 11) is 1.67. The van der Waals surface area contributed by atoms with Crippen LogP contribution in [0, 0.1) is 0 Å². The molecule has 2 atom stereocenters. The molecule has 0 spiro atoms. The number of rotatable bonds is 10. The van der Waals surface area contributed by atoms with Crippen LogP contribution in [0.4, 0.5) is 5.69 Å². The van der Waals surface area contributed by atoms with Crippen LogP contribution in [0.25, 0.3) is 0 Å². The zero-order valence-corrected chi connectivity index (χ0v) is 14.3. The molecule has 2 rings (SSSR count). The Morgan fingerprint density at radius 2 is 1.79 bits per heavy atom. The fourth-order valence-corrected chi connectivity index (χ4v) is 2.93. The standard InChI is InChI=1S/C21H27NO2/c1-3-20(17-9-5-4-6-10-17)21(11-7-8-16-23)22-18-12-14-19(24-2)15-13-18/h3-6,9-10,12-15,20-23H,1,7-8,11,16H2,2H3. The van der Waals surface area contributed by atoms with E-state index in [2.05, 4.69) is 36.2 Å². The molecule has 128 valence electrons. The summed E-state index contributed by atoms with van der Waals surface area (Å²) in [6.45, 7) is 4.28. The van der Waals surface area contributed by atoms with Crippen molar-refractivity contribution in [2.24, 2.45) is 0 Å². The summed E-state index contributed by atoms with van der Waals surface area (Å²) in [5.74, 6) is 1.06. The Kier molecular flexibility index (Phi) is 7.37. The van der Waals surface area contributed by atoms with Crippen LogP contribution in [0.15, 0.2) is 67.3 Å². The molecule has 0 aliphatic rings. The first kappa shape index (κ1) is 18.1. The lowest BCUT2D eigenvalue weighted by molar-refractivity contribution is 0.281. The second-order valence-corrected chi connectivity index (χ2v) is 5.87. The Hall–Kier alpha value is -2.26. The first-order valence-corrected chi connectivity index (χ1v) is 8.47. The van der Waals surface area contributed by atoms with Gasteiger partial charge in [-0.3, -0.25) is 0 Å². The molecule has 2 unspecified atom stereocenters. The average Bonchev–Trinajstić information content (AvgIpc) is 2.64. The highest BCUT2D eigenvalue weighted by atomic mass is 16.5. The molecular formula is C21H27NO2. The highest BCUT2D eigenvalue weighted by Crippen LogP contribution is 2.28.